The van der Waals surface area contributed by atoms with Gasteiger partial charge < -0.3 is 15.1 Å². The summed E-state index contributed by atoms with van der Waals surface area (Å²) in [6, 6.07) is 7.10. The highest BCUT2D eigenvalue weighted by molar-refractivity contribution is 5.50. The molecule has 14 heavy (non-hydrogen) atoms. The van der Waals surface area contributed by atoms with Crippen LogP contribution < -0.4 is 4.90 Å². The van der Waals surface area contributed by atoms with Crippen molar-refractivity contribution in [2.75, 3.05) is 24.6 Å². The van der Waals surface area contributed by atoms with Crippen LogP contribution in [0.25, 0.3) is 0 Å². The second-order valence-electron chi connectivity index (χ2n) is 3.23. The summed E-state index contributed by atoms with van der Waals surface area (Å²) in [4.78, 5) is 2.06. The smallest absolute Gasteiger partial charge is 0.117 e. The molecule has 0 fully saturated rings. The lowest BCUT2D eigenvalue weighted by Gasteiger charge is -2.23. The Hall–Kier alpha value is -1.22. The molecule has 0 aliphatic heterocycles. The van der Waals surface area contributed by atoms with Crippen molar-refractivity contribution in [2.45, 2.75) is 13.3 Å². The summed E-state index contributed by atoms with van der Waals surface area (Å²) in [6.45, 7) is 3.73. The zero-order chi connectivity index (χ0) is 10.4. The van der Waals surface area contributed by atoms with Crippen LogP contribution in [0, 0.1) is 0 Å². The highest BCUT2D eigenvalue weighted by atomic mass is 16.3. The Morgan fingerprint density at radius 3 is 2.64 bits per heavy atom. The molecule has 3 heteroatoms. The Morgan fingerprint density at radius 2 is 2.07 bits per heavy atom. The SMILES string of the molecule is CCCN(CCO)c1cccc(O)c1. The van der Waals surface area contributed by atoms with E-state index in [-0.39, 0.29) is 12.4 Å². The molecule has 78 valence electrons. The second-order valence-corrected chi connectivity index (χ2v) is 3.23. The quantitative estimate of drug-likeness (QED) is 0.750. The fourth-order valence-corrected chi connectivity index (χ4v) is 1.45. The van der Waals surface area contributed by atoms with E-state index in [0.29, 0.717) is 6.54 Å². The Morgan fingerprint density at radius 1 is 1.29 bits per heavy atom. The zero-order valence-corrected chi connectivity index (χ0v) is 8.48. The summed E-state index contributed by atoms with van der Waals surface area (Å²) in [5, 5.41) is 18.2. The fraction of sp³-hybridized carbons (Fsp3) is 0.455. The van der Waals surface area contributed by atoms with Crippen molar-refractivity contribution in [2.24, 2.45) is 0 Å². The van der Waals surface area contributed by atoms with Gasteiger partial charge in [0.1, 0.15) is 5.75 Å². The molecular weight excluding hydrogens is 178 g/mol. The van der Waals surface area contributed by atoms with Gasteiger partial charge in [0, 0.05) is 24.8 Å². The van der Waals surface area contributed by atoms with Gasteiger partial charge in [0.2, 0.25) is 0 Å². The van der Waals surface area contributed by atoms with Crippen LogP contribution in [0.1, 0.15) is 13.3 Å². The molecule has 0 aliphatic carbocycles. The van der Waals surface area contributed by atoms with Crippen LogP contribution in [0.4, 0.5) is 5.69 Å². The van der Waals surface area contributed by atoms with Gasteiger partial charge in [-0.1, -0.05) is 13.0 Å². The number of benzene rings is 1. The monoisotopic (exact) mass is 195 g/mol. The van der Waals surface area contributed by atoms with Crippen molar-refractivity contribution >= 4 is 5.69 Å². The first-order chi connectivity index (χ1) is 6.77. The number of hydrogen-bond donors (Lipinski definition) is 2. The number of aromatic hydroxyl groups is 1. The van der Waals surface area contributed by atoms with Gasteiger partial charge in [-0.2, -0.15) is 0 Å². The minimum absolute atomic E-state index is 0.135. The number of anilines is 1. The van der Waals surface area contributed by atoms with Gasteiger partial charge in [-0.05, 0) is 18.6 Å². The highest BCUT2D eigenvalue weighted by Crippen LogP contribution is 2.19. The van der Waals surface area contributed by atoms with E-state index < -0.39 is 0 Å². The topological polar surface area (TPSA) is 43.7 Å². The van der Waals surface area contributed by atoms with Gasteiger partial charge in [-0.15, -0.1) is 0 Å². The first-order valence-corrected chi connectivity index (χ1v) is 4.92. The summed E-state index contributed by atoms with van der Waals surface area (Å²) in [6.07, 6.45) is 1.02. The number of phenols is 1. The Labute approximate surface area is 84.6 Å². The number of rotatable bonds is 5. The first-order valence-electron chi connectivity index (χ1n) is 4.92. The van der Waals surface area contributed by atoms with Gasteiger partial charge >= 0.3 is 0 Å². The molecule has 0 spiro atoms. The van der Waals surface area contributed by atoms with Crippen LogP contribution in [0.15, 0.2) is 24.3 Å². The van der Waals surface area contributed by atoms with Gasteiger partial charge in [0.25, 0.3) is 0 Å². The van der Waals surface area contributed by atoms with Crippen LogP contribution in [0.3, 0.4) is 0 Å². The van der Waals surface area contributed by atoms with E-state index in [9.17, 15) is 5.11 Å². The third kappa shape index (κ3) is 2.92. The molecule has 0 aromatic heterocycles. The van der Waals surface area contributed by atoms with Gasteiger partial charge in [-0.25, -0.2) is 0 Å². The van der Waals surface area contributed by atoms with E-state index in [2.05, 4.69) is 11.8 Å². The summed E-state index contributed by atoms with van der Waals surface area (Å²) < 4.78 is 0. The lowest BCUT2D eigenvalue weighted by atomic mass is 10.2. The molecule has 0 saturated carbocycles. The predicted octanol–water partition coefficient (Wildman–Crippen LogP) is 1.60. The molecule has 0 heterocycles. The lowest BCUT2D eigenvalue weighted by molar-refractivity contribution is 0.302. The maximum absolute atomic E-state index is 9.31. The molecule has 0 saturated heterocycles. The minimum atomic E-state index is 0.135. The van der Waals surface area contributed by atoms with Gasteiger partial charge in [0.05, 0.1) is 6.61 Å². The van der Waals surface area contributed by atoms with Crippen LogP contribution in [0.5, 0.6) is 5.75 Å². The number of aliphatic hydroxyl groups is 1. The molecular formula is C11H17NO2. The van der Waals surface area contributed by atoms with Crippen LogP contribution in [-0.2, 0) is 0 Å². The van der Waals surface area contributed by atoms with Crippen molar-refractivity contribution in [1.82, 2.24) is 0 Å². The van der Waals surface area contributed by atoms with E-state index in [1.807, 2.05) is 12.1 Å². The summed E-state index contributed by atoms with van der Waals surface area (Å²) in [5.41, 5.74) is 0.959. The summed E-state index contributed by atoms with van der Waals surface area (Å²) in [7, 11) is 0. The molecule has 3 nitrogen and oxygen atoms in total. The molecule has 0 bridgehead atoms. The number of aliphatic hydroxyl groups excluding tert-OH is 1. The Kier molecular flexibility index (Phi) is 4.26. The van der Waals surface area contributed by atoms with Crippen molar-refractivity contribution in [3.05, 3.63) is 24.3 Å². The Balaban J connectivity index is 2.75. The van der Waals surface area contributed by atoms with Crippen LogP contribution >= 0.6 is 0 Å². The van der Waals surface area contributed by atoms with Crippen LogP contribution in [0.2, 0.25) is 0 Å². The van der Waals surface area contributed by atoms with E-state index in [4.69, 9.17) is 5.11 Å². The van der Waals surface area contributed by atoms with Crippen molar-refractivity contribution in [3.63, 3.8) is 0 Å². The molecule has 0 radical (unpaired) electrons. The number of hydrogen-bond acceptors (Lipinski definition) is 3. The molecule has 0 unspecified atom stereocenters. The zero-order valence-electron chi connectivity index (χ0n) is 8.48. The molecule has 1 aromatic carbocycles. The molecule has 1 aromatic rings. The van der Waals surface area contributed by atoms with Crippen molar-refractivity contribution < 1.29 is 10.2 Å². The van der Waals surface area contributed by atoms with Crippen molar-refractivity contribution in [1.29, 1.82) is 0 Å². The maximum Gasteiger partial charge on any atom is 0.117 e. The van der Waals surface area contributed by atoms with Gasteiger partial charge in [-0.3, -0.25) is 0 Å². The average Bonchev–Trinajstić information content (AvgIpc) is 2.17. The molecule has 2 N–H and O–H groups in total. The van der Waals surface area contributed by atoms with E-state index >= 15 is 0 Å². The lowest BCUT2D eigenvalue weighted by Crippen LogP contribution is -2.27. The molecule has 0 amide bonds. The number of nitrogens with zero attached hydrogens (tertiary/aromatic N) is 1. The molecule has 0 aliphatic rings. The predicted molar refractivity (Wildman–Crippen MR) is 57.7 cm³/mol. The summed E-state index contributed by atoms with van der Waals surface area (Å²) in [5.74, 6) is 0.265. The van der Waals surface area contributed by atoms with E-state index in [1.165, 1.54) is 0 Å². The maximum atomic E-state index is 9.31. The van der Waals surface area contributed by atoms with E-state index in [1.54, 1.807) is 12.1 Å². The Bertz CT molecular complexity index is 270. The third-order valence-corrected chi connectivity index (χ3v) is 2.06. The van der Waals surface area contributed by atoms with Crippen LogP contribution in [-0.4, -0.2) is 29.9 Å². The summed E-state index contributed by atoms with van der Waals surface area (Å²) >= 11 is 0. The fourth-order valence-electron chi connectivity index (χ4n) is 1.45. The normalized spacial score (nSPS) is 10.1. The van der Waals surface area contributed by atoms with Crippen molar-refractivity contribution in [3.8, 4) is 5.75 Å². The second kappa shape index (κ2) is 5.50. The first kappa shape index (κ1) is 10.9. The van der Waals surface area contributed by atoms with E-state index in [0.717, 1.165) is 18.7 Å². The standard InChI is InChI=1S/C11H17NO2/c1-2-6-12(7-8-13)10-4-3-5-11(14)9-10/h3-5,9,13-14H,2,6-8H2,1H3. The molecule has 0 atom stereocenters. The highest BCUT2D eigenvalue weighted by Gasteiger charge is 2.04. The average molecular weight is 195 g/mol. The van der Waals surface area contributed by atoms with Gasteiger partial charge in [0.15, 0.2) is 0 Å². The number of phenolic OH excluding ortho intramolecular Hbond substituents is 1. The third-order valence-electron chi connectivity index (χ3n) is 2.06. The minimum Gasteiger partial charge on any atom is -0.508 e. The largest absolute Gasteiger partial charge is 0.508 e. The molecule has 1 rings (SSSR count).